The van der Waals surface area contributed by atoms with Crippen LogP contribution in [0.5, 0.6) is 0 Å². The minimum Gasteiger partial charge on any atom is -0.399 e. The van der Waals surface area contributed by atoms with Gasteiger partial charge in [-0.1, -0.05) is 0 Å². The van der Waals surface area contributed by atoms with E-state index in [1.807, 2.05) is 24.5 Å². The SMILES string of the molecule is COCCCCn1cnc2cc(N)ccc21. The average molecular weight is 219 g/mol. The van der Waals surface area contributed by atoms with Gasteiger partial charge in [0, 0.05) is 25.9 Å². The Balaban J connectivity index is 2.07. The number of rotatable bonds is 5. The van der Waals surface area contributed by atoms with Crippen LogP contribution in [0.15, 0.2) is 24.5 Å². The molecule has 0 amide bonds. The van der Waals surface area contributed by atoms with Crippen LogP contribution in [-0.4, -0.2) is 23.3 Å². The van der Waals surface area contributed by atoms with Gasteiger partial charge in [0.2, 0.25) is 0 Å². The molecule has 4 nitrogen and oxygen atoms in total. The fourth-order valence-corrected chi connectivity index (χ4v) is 1.79. The van der Waals surface area contributed by atoms with E-state index < -0.39 is 0 Å². The first-order valence-electron chi connectivity index (χ1n) is 5.50. The molecular formula is C12H17N3O. The van der Waals surface area contributed by atoms with E-state index in [-0.39, 0.29) is 0 Å². The average Bonchev–Trinajstić information content (AvgIpc) is 2.67. The van der Waals surface area contributed by atoms with Crippen molar-refractivity contribution >= 4 is 16.7 Å². The molecule has 0 spiro atoms. The first kappa shape index (κ1) is 11.0. The van der Waals surface area contributed by atoms with Crippen molar-refractivity contribution in [1.29, 1.82) is 0 Å². The number of benzene rings is 1. The number of imidazole rings is 1. The van der Waals surface area contributed by atoms with Crippen LogP contribution >= 0.6 is 0 Å². The normalized spacial score (nSPS) is 11.1. The molecule has 0 bridgehead atoms. The molecule has 16 heavy (non-hydrogen) atoms. The number of nitrogen functional groups attached to an aromatic ring is 1. The van der Waals surface area contributed by atoms with Crippen LogP contribution in [0, 0.1) is 0 Å². The highest BCUT2D eigenvalue weighted by atomic mass is 16.5. The van der Waals surface area contributed by atoms with E-state index in [4.69, 9.17) is 10.5 Å². The number of hydrogen-bond acceptors (Lipinski definition) is 3. The Kier molecular flexibility index (Phi) is 3.41. The van der Waals surface area contributed by atoms with Gasteiger partial charge in [0.05, 0.1) is 17.4 Å². The maximum absolute atomic E-state index is 5.71. The number of methoxy groups -OCH3 is 1. The largest absolute Gasteiger partial charge is 0.399 e. The van der Waals surface area contributed by atoms with E-state index in [9.17, 15) is 0 Å². The number of nitrogens with two attached hydrogens (primary N) is 1. The van der Waals surface area contributed by atoms with Gasteiger partial charge in [-0.25, -0.2) is 4.98 Å². The van der Waals surface area contributed by atoms with Crippen molar-refractivity contribution in [3.8, 4) is 0 Å². The van der Waals surface area contributed by atoms with E-state index in [2.05, 4.69) is 9.55 Å². The molecule has 0 aliphatic rings. The van der Waals surface area contributed by atoms with Crippen LogP contribution in [0.4, 0.5) is 5.69 Å². The fourth-order valence-electron chi connectivity index (χ4n) is 1.79. The number of hydrogen-bond donors (Lipinski definition) is 1. The zero-order valence-corrected chi connectivity index (χ0v) is 9.52. The van der Waals surface area contributed by atoms with Gasteiger partial charge >= 0.3 is 0 Å². The number of anilines is 1. The number of aromatic nitrogens is 2. The fraction of sp³-hybridized carbons (Fsp3) is 0.417. The van der Waals surface area contributed by atoms with E-state index in [1.165, 1.54) is 0 Å². The second-order valence-electron chi connectivity index (χ2n) is 3.89. The lowest BCUT2D eigenvalue weighted by molar-refractivity contribution is 0.191. The van der Waals surface area contributed by atoms with Crippen LogP contribution in [0.3, 0.4) is 0 Å². The van der Waals surface area contributed by atoms with Gasteiger partial charge in [0.1, 0.15) is 0 Å². The highest BCUT2D eigenvalue weighted by Gasteiger charge is 2.01. The molecule has 86 valence electrons. The van der Waals surface area contributed by atoms with Crippen molar-refractivity contribution in [2.75, 3.05) is 19.5 Å². The summed E-state index contributed by atoms with van der Waals surface area (Å²) in [5.74, 6) is 0. The van der Waals surface area contributed by atoms with Gasteiger partial charge in [0.25, 0.3) is 0 Å². The van der Waals surface area contributed by atoms with Gasteiger partial charge < -0.3 is 15.0 Å². The maximum atomic E-state index is 5.71. The third-order valence-corrected chi connectivity index (χ3v) is 2.64. The topological polar surface area (TPSA) is 53.1 Å². The van der Waals surface area contributed by atoms with Crippen LogP contribution in [0.2, 0.25) is 0 Å². The minimum absolute atomic E-state index is 0.761. The van der Waals surface area contributed by atoms with Gasteiger partial charge in [-0.3, -0.25) is 0 Å². The number of ether oxygens (including phenoxy) is 1. The van der Waals surface area contributed by atoms with Crippen LogP contribution in [0.25, 0.3) is 11.0 Å². The zero-order valence-electron chi connectivity index (χ0n) is 9.52. The lowest BCUT2D eigenvalue weighted by Gasteiger charge is -2.04. The predicted molar refractivity (Wildman–Crippen MR) is 65.3 cm³/mol. The molecule has 0 radical (unpaired) electrons. The van der Waals surface area contributed by atoms with Crippen molar-refractivity contribution in [1.82, 2.24) is 9.55 Å². The Morgan fingerprint density at radius 1 is 1.38 bits per heavy atom. The summed E-state index contributed by atoms with van der Waals surface area (Å²) in [6, 6.07) is 5.84. The third kappa shape index (κ3) is 2.33. The van der Waals surface area contributed by atoms with Crippen molar-refractivity contribution in [2.24, 2.45) is 0 Å². The molecule has 1 aromatic carbocycles. The number of nitrogens with zero attached hydrogens (tertiary/aromatic N) is 2. The molecule has 2 aromatic rings. The minimum atomic E-state index is 0.761. The van der Waals surface area contributed by atoms with E-state index in [0.717, 1.165) is 42.7 Å². The molecule has 2 N–H and O–H groups in total. The molecule has 0 aliphatic heterocycles. The summed E-state index contributed by atoms with van der Waals surface area (Å²) in [5, 5.41) is 0. The van der Waals surface area contributed by atoms with Crippen molar-refractivity contribution < 1.29 is 4.74 Å². The van der Waals surface area contributed by atoms with Gasteiger partial charge in [-0.15, -0.1) is 0 Å². The molecule has 0 saturated heterocycles. The van der Waals surface area contributed by atoms with Crippen LogP contribution in [0.1, 0.15) is 12.8 Å². The molecular weight excluding hydrogens is 202 g/mol. The van der Waals surface area contributed by atoms with Gasteiger partial charge in [-0.2, -0.15) is 0 Å². The van der Waals surface area contributed by atoms with Crippen molar-refractivity contribution in [2.45, 2.75) is 19.4 Å². The Labute approximate surface area is 95.0 Å². The van der Waals surface area contributed by atoms with E-state index >= 15 is 0 Å². The van der Waals surface area contributed by atoms with Crippen LogP contribution < -0.4 is 5.73 Å². The number of fused-ring (bicyclic) bond motifs is 1. The number of unbranched alkanes of at least 4 members (excludes halogenated alkanes) is 1. The lowest BCUT2D eigenvalue weighted by Crippen LogP contribution is -1.98. The molecule has 0 fully saturated rings. The summed E-state index contributed by atoms with van der Waals surface area (Å²) in [6.07, 6.45) is 4.05. The summed E-state index contributed by atoms with van der Waals surface area (Å²) in [5.41, 5.74) is 8.58. The predicted octanol–water partition coefficient (Wildman–Crippen LogP) is 2.05. The first-order valence-corrected chi connectivity index (χ1v) is 5.50. The molecule has 0 aliphatic carbocycles. The van der Waals surface area contributed by atoms with Gasteiger partial charge in [-0.05, 0) is 31.0 Å². The van der Waals surface area contributed by atoms with Crippen LogP contribution in [-0.2, 0) is 11.3 Å². The Bertz CT molecular complexity index is 464. The summed E-state index contributed by atoms with van der Waals surface area (Å²) in [6.45, 7) is 1.79. The number of aryl methyl sites for hydroxylation is 1. The van der Waals surface area contributed by atoms with Gasteiger partial charge in [0.15, 0.2) is 0 Å². The summed E-state index contributed by atoms with van der Waals surface area (Å²) in [7, 11) is 1.73. The van der Waals surface area contributed by atoms with Crippen molar-refractivity contribution in [3.63, 3.8) is 0 Å². The first-order chi connectivity index (χ1) is 7.81. The molecule has 1 aromatic heterocycles. The molecule has 1 heterocycles. The summed E-state index contributed by atoms with van der Waals surface area (Å²) >= 11 is 0. The van der Waals surface area contributed by atoms with E-state index in [1.54, 1.807) is 7.11 Å². The monoisotopic (exact) mass is 219 g/mol. The van der Waals surface area contributed by atoms with Crippen molar-refractivity contribution in [3.05, 3.63) is 24.5 Å². The lowest BCUT2D eigenvalue weighted by atomic mass is 10.2. The van der Waals surface area contributed by atoms with E-state index in [0.29, 0.717) is 0 Å². The molecule has 4 heteroatoms. The standard InChI is InChI=1S/C12H17N3O/c1-16-7-3-2-6-15-9-14-11-8-10(13)4-5-12(11)15/h4-5,8-9H,2-3,6-7,13H2,1H3. The smallest absolute Gasteiger partial charge is 0.0958 e. The summed E-state index contributed by atoms with van der Waals surface area (Å²) in [4.78, 5) is 4.33. The zero-order chi connectivity index (χ0) is 11.4. The Morgan fingerprint density at radius 2 is 2.25 bits per heavy atom. The third-order valence-electron chi connectivity index (χ3n) is 2.64. The second kappa shape index (κ2) is 4.99. The Morgan fingerprint density at radius 3 is 3.06 bits per heavy atom. The second-order valence-corrected chi connectivity index (χ2v) is 3.89. The Hall–Kier alpha value is -1.55. The maximum Gasteiger partial charge on any atom is 0.0958 e. The molecule has 2 rings (SSSR count). The summed E-state index contributed by atoms with van der Waals surface area (Å²) < 4.78 is 7.18. The quantitative estimate of drug-likeness (QED) is 0.618. The molecule has 0 atom stereocenters. The highest BCUT2D eigenvalue weighted by molar-refractivity contribution is 5.78. The molecule has 0 saturated carbocycles. The molecule has 0 unspecified atom stereocenters. The highest BCUT2D eigenvalue weighted by Crippen LogP contribution is 2.16.